The standard InChI is InChI=1S/C13H8N5O/c1-2-10-16-11-12(18(10)15-4-1)17-7-8-3-5-14-6-9(8)13(17)19-11/h1-6H,7H2/q+1. The van der Waals surface area contributed by atoms with Gasteiger partial charge in [0.1, 0.15) is 6.54 Å². The van der Waals surface area contributed by atoms with Crippen LogP contribution in [0.15, 0.2) is 41.2 Å². The zero-order valence-corrected chi connectivity index (χ0v) is 9.82. The van der Waals surface area contributed by atoms with Crippen LogP contribution in [-0.4, -0.2) is 19.6 Å². The molecule has 1 aliphatic rings. The molecule has 4 aromatic heterocycles. The molecule has 0 saturated heterocycles. The number of hydrogen-bond acceptors (Lipinski definition) is 4. The van der Waals surface area contributed by atoms with Gasteiger partial charge < -0.3 is 4.42 Å². The molecule has 1 aliphatic heterocycles. The molecule has 0 bridgehead atoms. The van der Waals surface area contributed by atoms with Crippen molar-refractivity contribution in [1.29, 1.82) is 0 Å². The Balaban J connectivity index is 1.94. The highest BCUT2D eigenvalue weighted by atomic mass is 16.4. The van der Waals surface area contributed by atoms with Crippen LogP contribution in [0.2, 0.25) is 0 Å². The lowest BCUT2D eigenvalue weighted by atomic mass is 10.2. The number of nitrogens with zero attached hydrogens (tertiary/aromatic N) is 5. The van der Waals surface area contributed by atoms with E-state index in [1.165, 1.54) is 5.56 Å². The molecule has 6 heteroatoms. The summed E-state index contributed by atoms with van der Waals surface area (Å²) in [4.78, 5) is 8.60. The Bertz CT molecular complexity index is 952. The summed E-state index contributed by atoms with van der Waals surface area (Å²) < 4.78 is 9.77. The molecule has 19 heavy (non-hydrogen) atoms. The van der Waals surface area contributed by atoms with Gasteiger partial charge in [-0.05, 0) is 12.1 Å². The zero-order chi connectivity index (χ0) is 12.4. The molecule has 0 aromatic carbocycles. The minimum Gasteiger partial charge on any atom is -0.395 e. The summed E-state index contributed by atoms with van der Waals surface area (Å²) in [6.07, 6.45) is 5.38. The van der Waals surface area contributed by atoms with Crippen molar-refractivity contribution < 1.29 is 8.98 Å². The van der Waals surface area contributed by atoms with Crippen molar-refractivity contribution in [3.8, 4) is 11.5 Å². The van der Waals surface area contributed by atoms with E-state index in [1.807, 2.05) is 28.9 Å². The molecule has 0 fully saturated rings. The van der Waals surface area contributed by atoms with Crippen molar-refractivity contribution in [2.24, 2.45) is 0 Å². The van der Waals surface area contributed by atoms with Gasteiger partial charge in [-0.1, -0.05) is 9.61 Å². The van der Waals surface area contributed by atoms with Crippen LogP contribution in [0.4, 0.5) is 0 Å². The lowest BCUT2D eigenvalue weighted by Gasteiger charge is -1.90. The summed E-state index contributed by atoms with van der Waals surface area (Å²) in [5.41, 5.74) is 4.54. The van der Waals surface area contributed by atoms with Crippen LogP contribution in [0.3, 0.4) is 0 Å². The quantitative estimate of drug-likeness (QED) is 0.387. The second-order valence-electron chi connectivity index (χ2n) is 4.56. The van der Waals surface area contributed by atoms with Gasteiger partial charge in [0, 0.05) is 24.0 Å². The van der Waals surface area contributed by atoms with Gasteiger partial charge in [0.15, 0.2) is 0 Å². The van der Waals surface area contributed by atoms with E-state index in [0.29, 0.717) is 5.71 Å². The van der Waals surface area contributed by atoms with Gasteiger partial charge in [-0.3, -0.25) is 4.98 Å². The molecule has 5 rings (SSSR count). The van der Waals surface area contributed by atoms with Crippen LogP contribution in [-0.2, 0) is 6.54 Å². The summed E-state index contributed by atoms with van der Waals surface area (Å²) >= 11 is 0. The van der Waals surface area contributed by atoms with Gasteiger partial charge in [0.2, 0.25) is 0 Å². The molecule has 90 valence electrons. The summed E-state index contributed by atoms with van der Waals surface area (Å²) in [5.74, 6) is 0.806. The zero-order valence-electron chi connectivity index (χ0n) is 9.82. The Labute approximate surface area is 106 Å². The Kier molecular flexibility index (Phi) is 1.44. The molecule has 6 nitrogen and oxygen atoms in total. The van der Waals surface area contributed by atoms with E-state index in [1.54, 1.807) is 12.4 Å². The number of fused-ring (bicyclic) bond motifs is 7. The molecule has 0 radical (unpaired) electrons. The lowest BCUT2D eigenvalue weighted by molar-refractivity contribution is -0.651. The second-order valence-corrected chi connectivity index (χ2v) is 4.56. The predicted molar refractivity (Wildman–Crippen MR) is 65.3 cm³/mol. The topological polar surface area (TPSA) is 60.1 Å². The van der Waals surface area contributed by atoms with Crippen molar-refractivity contribution in [1.82, 2.24) is 19.6 Å². The van der Waals surface area contributed by atoms with Gasteiger partial charge in [-0.25, -0.2) is 0 Å². The number of hydrogen-bond donors (Lipinski definition) is 0. The fourth-order valence-electron chi connectivity index (χ4n) is 2.67. The van der Waals surface area contributed by atoms with Crippen LogP contribution in [0.5, 0.6) is 0 Å². The van der Waals surface area contributed by atoms with E-state index < -0.39 is 0 Å². The maximum absolute atomic E-state index is 5.87. The molecule has 5 heterocycles. The maximum atomic E-state index is 5.87. The molecular formula is C13H8N5O+. The van der Waals surface area contributed by atoms with Crippen LogP contribution in [0, 0.1) is 0 Å². The highest BCUT2D eigenvalue weighted by Crippen LogP contribution is 2.29. The van der Waals surface area contributed by atoms with E-state index in [9.17, 15) is 0 Å². The van der Waals surface area contributed by atoms with Crippen LogP contribution in [0.1, 0.15) is 5.56 Å². The largest absolute Gasteiger partial charge is 0.395 e. The third kappa shape index (κ3) is 1.02. The maximum Gasteiger partial charge on any atom is 0.376 e. The fourth-order valence-corrected chi connectivity index (χ4v) is 2.67. The van der Waals surface area contributed by atoms with Crippen LogP contribution < -0.4 is 4.57 Å². The molecular weight excluding hydrogens is 242 g/mol. The summed E-state index contributed by atoms with van der Waals surface area (Å²) in [6.45, 7) is 0.768. The Morgan fingerprint density at radius 1 is 1.26 bits per heavy atom. The van der Waals surface area contributed by atoms with Crippen LogP contribution in [0.25, 0.3) is 28.5 Å². The van der Waals surface area contributed by atoms with Crippen molar-refractivity contribution in [3.63, 3.8) is 0 Å². The number of oxazole rings is 1. The third-order valence-corrected chi connectivity index (χ3v) is 3.50. The van der Waals surface area contributed by atoms with Gasteiger partial charge in [0.25, 0.3) is 5.65 Å². The Morgan fingerprint density at radius 3 is 3.26 bits per heavy atom. The minimum atomic E-state index is 0.614. The highest BCUT2D eigenvalue weighted by molar-refractivity contribution is 5.71. The van der Waals surface area contributed by atoms with Crippen molar-refractivity contribution >= 4 is 17.0 Å². The molecule has 0 saturated carbocycles. The van der Waals surface area contributed by atoms with E-state index in [4.69, 9.17) is 4.42 Å². The van der Waals surface area contributed by atoms with Gasteiger partial charge in [-0.2, -0.15) is 9.55 Å². The average molecular weight is 250 g/mol. The number of aromatic nitrogens is 5. The predicted octanol–water partition coefficient (Wildman–Crippen LogP) is 1.19. The molecule has 0 unspecified atom stereocenters. The Morgan fingerprint density at radius 2 is 2.26 bits per heavy atom. The molecule has 0 atom stereocenters. The number of imidazole rings is 1. The fraction of sp³-hybridized carbons (Fsp3) is 0.0769. The summed E-state index contributed by atoms with van der Waals surface area (Å²) in [5, 5.41) is 4.34. The second kappa shape index (κ2) is 2.97. The van der Waals surface area contributed by atoms with E-state index >= 15 is 0 Å². The molecule has 4 aromatic rings. The van der Waals surface area contributed by atoms with Crippen molar-refractivity contribution in [3.05, 3.63) is 42.4 Å². The number of rotatable bonds is 0. The van der Waals surface area contributed by atoms with Gasteiger partial charge >= 0.3 is 17.3 Å². The molecule has 0 spiro atoms. The first kappa shape index (κ1) is 9.21. The lowest BCUT2D eigenvalue weighted by Crippen LogP contribution is -2.32. The SMILES string of the molecule is c1cnn2c(c1)nc1oc3[n+](c12)Cc1ccncc1-3. The monoisotopic (exact) mass is 250 g/mol. The first-order valence-electron chi connectivity index (χ1n) is 6.01. The minimum absolute atomic E-state index is 0.614. The van der Waals surface area contributed by atoms with E-state index in [-0.39, 0.29) is 0 Å². The third-order valence-electron chi connectivity index (χ3n) is 3.50. The highest BCUT2D eigenvalue weighted by Gasteiger charge is 2.34. The normalized spacial score (nSPS) is 13.1. The Hall–Kier alpha value is -2.76. The van der Waals surface area contributed by atoms with Crippen molar-refractivity contribution in [2.75, 3.05) is 0 Å². The van der Waals surface area contributed by atoms with E-state index in [2.05, 4.69) is 19.6 Å². The smallest absolute Gasteiger partial charge is 0.376 e. The van der Waals surface area contributed by atoms with Crippen LogP contribution >= 0.6 is 0 Å². The first-order chi connectivity index (χ1) is 9.42. The first-order valence-corrected chi connectivity index (χ1v) is 6.01. The molecule has 0 aliphatic carbocycles. The van der Waals surface area contributed by atoms with Crippen molar-refractivity contribution in [2.45, 2.75) is 6.54 Å². The number of pyridine rings is 1. The van der Waals surface area contributed by atoms with Gasteiger partial charge in [0.05, 0.1) is 11.8 Å². The summed E-state index contributed by atoms with van der Waals surface area (Å²) in [6, 6.07) is 5.80. The average Bonchev–Trinajstić information content (AvgIpc) is 3.05. The van der Waals surface area contributed by atoms with E-state index in [0.717, 1.165) is 29.3 Å². The molecule has 0 N–H and O–H groups in total. The molecule has 0 amide bonds. The van der Waals surface area contributed by atoms with Gasteiger partial charge in [-0.15, -0.1) is 0 Å². The summed E-state index contributed by atoms with van der Waals surface area (Å²) in [7, 11) is 0.